The molecule has 0 amide bonds. The molecule has 0 spiro atoms. The quantitative estimate of drug-likeness (QED) is 0.770. The highest BCUT2D eigenvalue weighted by Crippen LogP contribution is 2.29. The van der Waals surface area contributed by atoms with Gasteiger partial charge in [0.15, 0.2) is 6.29 Å². The van der Waals surface area contributed by atoms with Crippen LogP contribution in [0.2, 0.25) is 0 Å². The Morgan fingerprint density at radius 1 is 1.32 bits per heavy atom. The zero-order chi connectivity index (χ0) is 13.4. The number of hydrogen-bond donors (Lipinski definition) is 0. The number of nitrogens with zero attached hydrogens (tertiary/aromatic N) is 2. The van der Waals surface area contributed by atoms with E-state index >= 15 is 0 Å². The van der Waals surface area contributed by atoms with E-state index in [0.29, 0.717) is 6.04 Å². The maximum Gasteiger partial charge on any atom is 0.152 e. The third-order valence-electron chi connectivity index (χ3n) is 4.27. The maximum atomic E-state index is 11.2. The van der Waals surface area contributed by atoms with Crippen molar-refractivity contribution in [2.45, 2.75) is 32.2 Å². The third kappa shape index (κ3) is 2.03. The Balaban J connectivity index is 2.07. The van der Waals surface area contributed by atoms with Gasteiger partial charge in [0.2, 0.25) is 0 Å². The zero-order valence-electron chi connectivity index (χ0n) is 11.6. The summed E-state index contributed by atoms with van der Waals surface area (Å²) in [5.41, 5.74) is 3.15. The number of hydrogen-bond acceptors (Lipinski definition) is 2. The van der Waals surface area contributed by atoms with E-state index in [-0.39, 0.29) is 0 Å². The molecule has 19 heavy (non-hydrogen) atoms. The van der Waals surface area contributed by atoms with Gasteiger partial charge in [-0.3, -0.25) is 4.79 Å². The molecule has 1 unspecified atom stereocenters. The molecule has 3 rings (SSSR count). The molecule has 0 radical (unpaired) electrons. The smallest absolute Gasteiger partial charge is 0.152 e. The minimum Gasteiger partial charge on any atom is -0.369 e. The van der Waals surface area contributed by atoms with Crippen molar-refractivity contribution in [1.29, 1.82) is 0 Å². The lowest BCUT2D eigenvalue weighted by Crippen LogP contribution is -2.37. The standard InChI is InChI=1S/C16H20N2O/c1-12-5-3-4-8-18(12)14-6-7-16-15(9-14)13(11-19)10-17(16)2/h6-7,9-12H,3-5,8H2,1-2H3. The lowest BCUT2D eigenvalue weighted by Gasteiger charge is -2.35. The second-order valence-corrected chi connectivity index (χ2v) is 5.55. The summed E-state index contributed by atoms with van der Waals surface area (Å²) in [5.74, 6) is 0. The van der Waals surface area contributed by atoms with Crippen LogP contribution in [-0.4, -0.2) is 23.4 Å². The number of anilines is 1. The molecule has 2 heterocycles. The highest BCUT2D eigenvalue weighted by molar-refractivity contribution is 5.99. The van der Waals surface area contributed by atoms with Crippen molar-refractivity contribution >= 4 is 22.9 Å². The van der Waals surface area contributed by atoms with Gasteiger partial charge < -0.3 is 9.47 Å². The van der Waals surface area contributed by atoms with Crippen LogP contribution < -0.4 is 4.90 Å². The second kappa shape index (κ2) is 4.72. The van der Waals surface area contributed by atoms with E-state index < -0.39 is 0 Å². The lowest BCUT2D eigenvalue weighted by atomic mass is 10.0. The molecule has 1 fully saturated rings. The van der Waals surface area contributed by atoms with Crippen molar-refractivity contribution in [1.82, 2.24) is 4.57 Å². The van der Waals surface area contributed by atoms with E-state index in [1.807, 2.05) is 17.8 Å². The van der Waals surface area contributed by atoms with Gasteiger partial charge in [0, 0.05) is 48.0 Å². The monoisotopic (exact) mass is 256 g/mol. The van der Waals surface area contributed by atoms with Crippen LogP contribution in [0.25, 0.3) is 10.9 Å². The average Bonchev–Trinajstić information content (AvgIpc) is 2.75. The van der Waals surface area contributed by atoms with Gasteiger partial charge in [-0.2, -0.15) is 0 Å². The predicted molar refractivity (Wildman–Crippen MR) is 79.0 cm³/mol. The number of benzene rings is 1. The number of aryl methyl sites for hydroxylation is 1. The SMILES string of the molecule is CC1CCCCN1c1ccc2c(c1)c(C=O)cn2C. The van der Waals surface area contributed by atoms with Crippen LogP contribution in [0, 0.1) is 0 Å². The topological polar surface area (TPSA) is 25.2 Å². The fourth-order valence-electron chi connectivity index (χ4n) is 3.16. The number of piperidine rings is 1. The Morgan fingerprint density at radius 3 is 2.89 bits per heavy atom. The van der Waals surface area contributed by atoms with Crippen molar-refractivity contribution in [3.05, 3.63) is 30.0 Å². The van der Waals surface area contributed by atoms with Gasteiger partial charge in [-0.25, -0.2) is 0 Å². The number of carbonyl (C=O) groups excluding carboxylic acids is 1. The molecule has 1 aromatic heterocycles. The summed E-state index contributed by atoms with van der Waals surface area (Å²) in [6, 6.07) is 7.06. The maximum absolute atomic E-state index is 11.2. The van der Waals surface area contributed by atoms with Crippen LogP contribution >= 0.6 is 0 Å². The van der Waals surface area contributed by atoms with Crippen molar-refractivity contribution in [3.63, 3.8) is 0 Å². The predicted octanol–water partition coefficient (Wildman–Crippen LogP) is 3.37. The summed E-state index contributed by atoms with van der Waals surface area (Å²) >= 11 is 0. The molecule has 1 aromatic carbocycles. The Bertz CT molecular complexity index is 614. The molecule has 0 N–H and O–H groups in total. The zero-order valence-corrected chi connectivity index (χ0v) is 11.6. The second-order valence-electron chi connectivity index (χ2n) is 5.55. The fraction of sp³-hybridized carbons (Fsp3) is 0.438. The summed E-state index contributed by atoms with van der Waals surface area (Å²) in [7, 11) is 1.98. The number of aromatic nitrogens is 1. The summed E-state index contributed by atoms with van der Waals surface area (Å²) < 4.78 is 2.02. The van der Waals surface area contributed by atoms with Crippen LogP contribution in [0.4, 0.5) is 5.69 Å². The molecule has 2 aromatic rings. The lowest BCUT2D eigenvalue weighted by molar-refractivity contribution is 0.112. The summed E-state index contributed by atoms with van der Waals surface area (Å²) in [4.78, 5) is 13.6. The molecule has 0 saturated carbocycles. The van der Waals surface area contributed by atoms with Gasteiger partial charge >= 0.3 is 0 Å². The van der Waals surface area contributed by atoms with Gasteiger partial charge in [-0.15, -0.1) is 0 Å². The van der Waals surface area contributed by atoms with Crippen LogP contribution in [0.1, 0.15) is 36.5 Å². The molecule has 1 aliphatic heterocycles. The van der Waals surface area contributed by atoms with Gasteiger partial charge in [-0.1, -0.05) is 0 Å². The van der Waals surface area contributed by atoms with Gasteiger partial charge in [0.1, 0.15) is 0 Å². The number of fused-ring (bicyclic) bond motifs is 1. The first-order valence-corrected chi connectivity index (χ1v) is 7.01. The van der Waals surface area contributed by atoms with Gasteiger partial charge in [0.25, 0.3) is 0 Å². The minimum atomic E-state index is 0.592. The fourth-order valence-corrected chi connectivity index (χ4v) is 3.16. The van der Waals surface area contributed by atoms with Crippen LogP contribution in [0.15, 0.2) is 24.4 Å². The van der Waals surface area contributed by atoms with Crippen LogP contribution in [-0.2, 0) is 7.05 Å². The van der Waals surface area contributed by atoms with Gasteiger partial charge in [-0.05, 0) is 44.4 Å². The number of aldehydes is 1. The molecular weight excluding hydrogens is 236 g/mol. The largest absolute Gasteiger partial charge is 0.369 e. The molecule has 1 aliphatic rings. The summed E-state index contributed by atoms with van der Waals surface area (Å²) in [5, 5.41) is 1.06. The van der Waals surface area contributed by atoms with Crippen LogP contribution in [0.3, 0.4) is 0 Å². The summed E-state index contributed by atoms with van der Waals surface area (Å²) in [6.45, 7) is 3.41. The summed E-state index contributed by atoms with van der Waals surface area (Å²) in [6.07, 6.45) is 6.70. The highest BCUT2D eigenvalue weighted by Gasteiger charge is 2.19. The molecular formula is C16H20N2O. The molecule has 1 atom stereocenters. The van der Waals surface area contributed by atoms with E-state index in [1.54, 1.807) is 0 Å². The van der Waals surface area contributed by atoms with Crippen molar-refractivity contribution in [2.24, 2.45) is 7.05 Å². The molecule has 3 nitrogen and oxygen atoms in total. The van der Waals surface area contributed by atoms with E-state index in [4.69, 9.17) is 0 Å². The van der Waals surface area contributed by atoms with E-state index in [0.717, 1.165) is 29.3 Å². The van der Waals surface area contributed by atoms with Gasteiger partial charge in [0.05, 0.1) is 0 Å². The van der Waals surface area contributed by atoms with Crippen molar-refractivity contribution in [3.8, 4) is 0 Å². The highest BCUT2D eigenvalue weighted by atomic mass is 16.1. The van der Waals surface area contributed by atoms with E-state index in [9.17, 15) is 4.79 Å². The van der Waals surface area contributed by atoms with Crippen LogP contribution in [0.5, 0.6) is 0 Å². The Kier molecular flexibility index (Phi) is 3.05. The molecule has 0 bridgehead atoms. The van der Waals surface area contributed by atoms with E-state index in [2.05, 4.69) is 30.0 Å². The first-order chi connectivity index (χ1) is 9.20. The molecule has 0 aliphatic carbocycles. The van der Waals surface area contributed by atoms with E-state index in [1.165, 1.54) is 24.9 Å². The minimum absolute atomic E-state index is 0.592. The Morgan fingerprint density at radius 2 is 2.16 bits per heavy atom. The first kappa shape index (κ1) is 12.3. The van der Waals surface area contributed by atoms with Crippen molar-refractivity contribution < 1.29 is 4.79 Å². The first-order valence-electron chi connectivity index (χ1n) is 7.01. The average molecular weight is 256 g/mol. The number of carbonyl (C=O) groups is 1. The normalized spacial score (nSPS) is 19.9. The Hall–Kier alpha value is -1.77. The molecule has 100 valence electrons. The molecule has 1 saturated heterocycles. The number of rotatable bonds is 2. The third-order valence-corrected chi connectivity index (χ3v) is 4.27. The molecule has 3 heteroatoms. The Labute approximate surface area is 113 Å². The van der Waals surface area contributed by atoms with Crippen molar-refractivity contribution in [2.75, 3.05) is 11.4 Å².